The van der Waals surface area contributed by atoms with Crippen molar-refractivity contribution in [2.75, 3.05) is 14.2 Å². The Kier molecular flexibility index (Phi) is 23.3. The molecular weight excluding hydrogens is 713 g/mol. The molecule has 0 saturated heterocycles. The molecule has 2 rings (SSSR count). The first-order chi connectivity index (χ1) is 27.6. The van der Waals surface area contributed by atoms with Gasteiger partial charge in [0.25, 0.3) is 0 Å². The quantitative estimate of drug-likeness (QED) is 0.0949. The highest BCUT2D eigenvalue weighted by molar-refractivity contribution is 5.76. The lowest BCUT2D eigenvalue weighted by Crippen LogP contribution is -2.32. The van der Waals surface area contributed by atoms with Crippen LogP contribution in [0.15, 0.2) is 99.3 Å². The molecule has 0 bridgehead atoms. The minimum atomic E-state index is -0.473. The molecule has 0 spiro atoms. The molecule has 0 radical (unpaired) electrons. The molecular formula is C54H82O4. The lowest BCUT2D eigenvalue weighted by Gasteiger charge is -2.33. The molecule has 4 nitrogen and oxygen atoms in total. The van der Waals surface area contributed by atoms with Crippen molar-refractivity contribution < 1.29 is 19.3 Å². The summed E-state index contributed by atoms with van der Waals surface area (Å²) in [5.41, 5.74) is 13.0. The Bertz CT molecular complexity index is 1730. The van der Waals surface area contributed by atoms with Crippen LogP contribution in [0.5, 0.6) is 23.0 Å². The second-order valence-corrected chi connectivity index (χ2v) is 17.5. The molecule has 0 amide bonds. The van der Waals surface area contributed by atoms with E-state index in [0.29, 0.717) is 17.2 Å². The Morgan fingerprint density at radius 2 is 0.862 bits per heavy atom. The summed E-state index contributed by atoms with van der Waals surface area (Å²) in [6, 6.07) is 0. The van der Waals surface area contributed by atoms with Gasteiger partial charge >= 0.3 is 0 Å². The molecule has 0 unspecified atom stereocenters. The normalized spacial score (nSPS) is 17.0. The van der Waals surface area contributed by atoms with E-state index in [9.17, 15) is 5.11 Å². The van der Waals surface area contributed by atoms with E-state index in [2.05, 4.69) is 124 Å². The van der Waals surface area contributed by atoms with E-state index in [0.717, 1.165) is 94.6 Å². The van der Waals surface area contributed by atoms with E-state index in [-0.39, 0.29) is 5.75 Å². The predicted molar refractivity (Wildman–Crippen MR) is 254 cm³/mol. The van der Waals surface area contributed by atoms with Gasteiger partial charge in [-0.05, 0) is 185 Å². The first-order valence-electron chi connectivity index (χ1n) is 22.2. The van der Waals surface area contributed by atoms with Gasteiger partial charge in [-0.2, -0.15) is 0 Å². The van der Waals surface area contributed by atoms with Crippen LogP contribution in [0.3, 0.4) is 0 Å². The van der Waals surface area contributed by atoms with Crippen LogP contribution in [0.1, 0.15) is 183 Å². The third-order valence-corrected chi connectivity index (χ3v) is 11.4. The third-order valence-electron chi connectivity index (χ3n) is 11.4. The summed E-state index contributed by atoms with van der Waals surface area (Å²) in [6.45, 7) is 24.3. The topological polar surface area (TPSA) is 47.9 Å². The van der Waals surface area contributed by atoms with E-state index >= 15 is 0 Å². The molecule has 1 aromatic carbocycles. The molecule has 322 valence electrons. The smallest absolute Gasteiger partial charge is 0.207 e. The molecule has 58 heavy (non-hydrogen) atoms. The number of phenolic OH excluding ortho intramolecular Hbond substituents is 1. The Labute approximate surface area is 356 Å². The number of methoxy groups -OCH3 is 2. The van der Waals surface area contributed by atoms with Gasteiger partial charge in [0.2, 0.25) is 11.5 Å². The van der Waals surface area contributed by atoms with Crippen LogP contribution in [-0.4, -0.2) is 24.9 Å². The number of fused-ring (bicyclic) bond motifs is 1. The van der Waals surface area contributed by atoms with Crippen LogP contribution >= 0.6 is 0 Å². The first kappa shape index (κ1) is 50.2. The highest BCUT2D eigenvalue weighted by Gasteiger charge is 2.33. The van der Waals surface area contributed by atoms with Crippen LogP contribution in [0.25, 0.3) is 6.08 Å². The number of hydrogen-bond donors (Lipinski definition) is 1. The van der Waals surface area contributed by atoms with Gasteiger partial charge in [0, 0.05) is 11.1 Å². The number of rotatable bonds is 26. The molecule has 0 fully saturated rings. The standard InChI is InChI=1S/C54H82O4/c1-40(2)22-14-23-41(3)24-15-25-42(4)26-16-27-43(5)28-17-29-44(6)30-18-31-45(7)32-19-33-46(8)34-20-35-47(9)36-21-38-54(11)39-37-49-48(10)50(55)52(56-12)53(57-13)51(49)58-54/h22,24,26,28,30,32,34,36-37,39,55H,14-21,23,25,27,29,31,33,35,38H2,1-13H3/b41-24+,42-26+,43-28+,44-30+,45-32+,46-34+,47-36+/t54-/m1/s1. The van der Waals surface area contributed by atoms with Gasteiger partial charge in [0.1, 0.15) is 5.60 Å². The number of benzene rings is 1. The Morgan fingerprint density at radius 3 is 1.19 bits per heavy atom. The van der Waals surface area contributed by atoms with E-state index in [4.69, 9.17) is 14.2 Å². The highest BCUT2D eigenvalue weighted by atomic mass is 16.5. The summed E-state index contributed by atoms with van der Waals surface area (Å²) >= 11 is 0. The first-order valence-corrected chi connectivity index (χ1v) is 22.2. The molecule has 1 N–H and O–H groups in total. The van der Waals surface area contributed by atoms with Gasteiger partial charge < -0.3 is 19.3 Å². The molecule has 0 aliphatic carbocycles. The van der Waals surface area contributed by atoms with Crippen molar-refractivity contribution in [2.45, 2.75) is 184 Å². The minimum Gasteiger partial charge on any atom is -0.504 e. The fraction of sp³-hybridized carbons (Fsp3) is 0.556. The number of aromatic hydroxyl groups is 1. The third kappa shape index (κ3) is 19.2. The van der Waals surface area contributed by atoms with Crippen molar-refractivity contribution >= 4 is 6.08 Å². The average Bonchev–Trinajstić information content (AvgIpc) is 3.15. The zero-order valence-corrected chi connectivity index (χ0v) is 39.3. The maximum Gasteiger partial charge on any atom is 0.207 e. The van der Waals surface area contributed by atoms with Gasteiger partial charge in [-0.15, -0.1) is 0 Å². The Balaban J connectivity index is 1.65. The van der Waals surface area contributed by atoms with E-state index < -0.39 is 5.60 Å². The monoisotopic (exact) mass is 795 g/mol. The van der Waals surface area contributed by atoms with Crippen LogP contribution in [0.4, 0.5) is 0 Å². The second kappa shape index (κ2) is 27.0. The average molecular weight is 795 g/mol. The summed E-state index contributed by atoms with van der Waals surface area (Å²) in [6.07, 6.45) is 41.2. The second-order valence-electron chi connectivity index (χ2n) is 17.5. The van der Waals surface area contributed by atoms with Crippen LogP contribution in [-0.2, 0) is 0 Å². The van der Waals surface area contributed by atoms with Gasteiger partial charge in [-0.1, -0.05) is 99.3 Å². The molecule has 0 aromatic heterocycles. The SMILES string of the molecule is COc1c(O)c(C)c2c(c1OC)O[C@](C)(CC/C=C(\C)CC/C=C(\C)CC/C=C(\C)CC/C=C(\C)CC/C=C(\C)CC/C=C(\C)CC/C=C(\C)CCC=C(C)C)C=C2. The molecule has 1 aliphatic heterocycles. The number of phenols is 1. The van der Waals surface area contributed by atoms with Crippen molar-refractivity contribution in [1.82, 2.24) is 0 Å². The number of ether oxygens (including phenoxy) is 3. The van der Waals surface area contributed by atoms with E-state index in [1.165, 1.54) is 71.0 Å². The summed E-state index contributed by atoms with van der Waals surface area (Å²) in [4.78, 5) is 0. The lowest BCUT2D eigenvalue weighted by molar-refractivity contribution is 0.122. The summed E-state index contributed by atoms with van der Waals surface area (Å²) in [5.74, 6) is 1.46. The molecule has 1 aromatic rings. The van der Waals surface area contributed by atoms with Crippen molar-refractivity contribution in [3.63, 3.8) is 0 Å². The highest BCUT2D eigenvalue weighted by Crippen LogP contribution is 2.52. The summed E-state index contributed by atoms with van der Waals surface area (Å²) in [7, 11) is 3.11. The van der Waals surface area contributed by atoms with Crippen LogP contribution < -0.4 is 14.2 Å². The van der Waals surface area contributed by atoms with E-state index in [1.807, 2.05) is 13.0 Å². The molecule has 4 heteroatoms. The fourth-order valence-electron chi connectivity index (χ4n) is 7.32. The van der Waals surface area contributed by atoms with Crippen molar-refractivity contribution in [3.8, 4) is 23.0 Å². The maximum absolute atomic E-state index is 10.6. The van der Waals surface area contributed by atoms with Crippen molar-refractivity contribution in [3.05, 3.63) is 110 Å². The van der Waals surface area contributed by atoms with Crippen molar-refractivity contribution in [2.24, 2.45) is 0 Å². The van der Waals surface area contributed by atoms with Gasteiger partial charge in [-0.3, -0.25) is 0 Å². The molecule has 1 atom stereocenters. The predicted octanol–water partition coefficient (Wildman–Crippen LogP) is 16.7. The van der Waals surface area contributed by atoms with Crippen LogP contribution in [0, 0.1) is 6.92 Å². The lowest BCUT2D eigenvalue weighted by atomic mass is 9.92. The largest absolute Gasteiger partial charge is 0.504 e. The zero-order valence-electron chi connectivity index (χ0n) is 39.3. The molecule has 1 aliphatic rings. The van der Waals surface area contributed by atoms with Gasteiger partial charge in [0.15, 0.2) is 11.5 Å². The molecule has 0 saturated carbocycles. The minimum absolute atomic E-state index is 0.0868. The molecule has 1 heterocycles. The zero-order chi connectivity index (χ0) is 43.1. The van der Waals surface area contributed by atoms with Gasteiger partial charge in [-0.25, -0.2) is 0 Å². The number of hydrogen-bond acceptors (Lipinski definition) is 4. The Morgan fingerprint density at radius 1 is 0.534 bits per heavy atom. The maximum atomic E-state index is 10.6. The number of allylic oxidation sites excluding steroid dienone is 16. The van der Waals surface area contributed by atoms with Gasteiger partial charge in [0.05, 0.1) is 14.2 Å². The Hall–Kier alpha value is -3.92. The van der Waals surface area contributed by atoms with Crippen LogP contribution in [0.2, 0.25) is 0 Å². The fourth-order valence-corrected chi connectivity index (χ4v) is 7.32. The van der Waals surface area contributed by atoms with Crippen molar-refractivity contribution in [1.29, 1.82) is 0 Å². The summed E-state index contributed by atoms with van der Waals surface area (Å²) in [5, 5.41) is 10.6. The van der Waals surface area contributed by atoms with E-state index in [1.54, 1.807) is 7.11 Å². The summed E-state index contributed by atoms with van der Waals surface area (Å²) < 4.78 is 17.5.